The monoisotopic (exact) mass is 354 g/mol. The predicted molar refractivity (Wildman–Crippen MR) is 97.2 cm³/mol. The summed E-state index contributed by atoms with van der Waals surface area (Å²) in [7, 11) is 0. The second-order valence-electron chi connectivity index (χ2n) is 6.56. The lowest BCUT2D eigenvalue weighted by Gasteiger charge is -2.30. The van der Waals surface area contributed by atoms with Crippen LogP contribution in [0.1, 0.15) is 72.1 Å². The molecule has 0 aromatic carbocycles. The number of rotatable bonds is 12. The van der Waals surface area contributed by atoms with Gasteiger partial charge in [0.1, 0.15) is 0 Å². The Kier molecular flexibility index (Phi) is 9.79. The van der Waals surface area contributed by atoms with Crippen molar-refractivity contribution in [1.82, 2.24) is 0 Å². The Hall–Kier alpha value is -1.36. The van der Waals surface area contributed by atoms with Crippen LogP contribution in [0.3, 0.4) is 0 Å². The highest BCUT2D eigenvalue weighted by Gasteiger charge is 2.61. The molecule has 0 spiro atoms. The van der Waals surface area contributed by atoms with Crippen molar-refractivity contribution in [1.29, 1.82) is 0 Å². The normalized spacial score (nSPS) is 19.0. The van der Waals surface area contributed by atoms with Gasteiger partial charge in [-0.15, -0.1) is 0 Å². The molecule has 0 N–H and O–H groups in total. The van der Waals surface area contributed by atoms with Crippen molar-refractivity contribution in [3.8, 4) is 0 Å². The van der Waals surface area contributed by atoms with Crippen molar-refractivity contribution < 1.29 is 23.8 Å². The molecule has 25 heavy (non-hydrogen) atoms. The highest BCUT2D eigenvalue weighted by atomic mass is 16.6. The van der Waals surface area contributed by atoms with E-state index in [1.807, 2.05) is 0 Å². The molecule has 1 fully saturated rings. The van der Waals surface area contributed by atoms with Gasteiger partial charge in [0.2, 0.25) is 5.41 Å². The summed E-state index contributed by atoms with van der Waals surface area (Å²) in [5.41, 5.74) is -1.06. The van der Waals surface area contributed by atoms with Crippen LogP contribution >= 0.6 is 0 Å². The Morgan fingerprint density at radius 1 is 1.00 bits per heavy atom. The molecule has 0 bridgehead atoms. The molecular weight excluding hydrogens is 320 g/mol. The van der Waals surface area contributed by atoms with E-state index in [0.29, 0.717) is 12.0 Å². The number of carbonyl (C=O) groups excluding carboxylic acids is 2. The zero-order valence-electron chi connectivity index (χ0n) is 16.1. The van der Waals surface area contributed by atoms with E-state index >= 15 is 0 Å². The van der Waals surface area contributed by atoms with Gasteiger partial charge in [-0.25, -0.2) is 0 Å². The molecule has 0 aliphatic carbocycles. The maximum absolute atomic E-state index is 12.6. The highest BCUT2D eigenvalue weighted by Crippen LogP contribution is 2.43. The van der Waals surface area contributed by atoms with Crippen LogP contribution in [0, 0.1) is 5.41 Å². The summed E-state index contributed by atoms with van der Waals surface area (Å²) in [4.78, 5) is 25.3. The van der Waals surface area contributed by atoms with Crippen molar-refractivity contribution in [2.45, 2.75) is 78.2 Å². The molecule has 0 radical (unpaired) electrons. The van der Waals surface area contributed by atoms with Gasteiger partial charge < -0.3 is 14.2 Å². The third-order valence-electron chi connectivity index (χ3n) is 4.76. The minimum Gasteiger partial charge on any atom is -0.465 e. The molecule has 0 saturated carbocycles. The van der Waals surface area contributed by atoms with Crippen LogP contribution in [0.2, 0.25) is 0 Å². The molecule has 144 valence electrons. The first kappa shape index (κ1) is 21.7. The quantitative estimate of drug-likeness (QED) is 0.227. The van der Waals surface area contributed by atoms with Gasteiger partial charge in [-0.05, 0) is 25.8 Å². The van der Waals surface area contributed by atoms with Crippen LogP contribution in [-0.4, -0.2) is 37.9 Å². The Balaban J connectivity index is 2.72. The Bertz CT molecular complexity index is 425. The maximum atomic E-state index is 12.6. The minimum absolute atomic E-state index is 0.193. The molecule has 5 nitrogen and oxygen atoms in total. The fourth-order valence-corrected chi connectivity index (χ4v) is 3.38. The second-order valence-corrected chi connectivity index (χ2v) is 6.56. The molecule has 5 heteroatoms. The summed E-state index contributed by atoms with van der Waals surface area (Å²) in [6.45, 7) is 10.2. The maximum Gasteiger partial charge on any atom is 0.330 e. The lowest BCUT2D eigenvalue weighted by molar-refractivity contribution is -0.173. The molecule has 1 atom stereocenters. The third kappa shape index (κ3) is 5.30. The van der Waals surface area contributed by atoms with Crippen molar-refractivity contribution in [3.63, 3.8) is 0 Å². The van der Waals surface area contributed by atoms with Crippen LogP contribution in [-0.2, 0) is 23.8 Å². The summed E-state index contributed by atoms with van der Waals surface area (Å²) in [5.74, 6) is -1.19. The molecular formula is C20H34O5. The largest absolute Gasteiger partial charge is 0.465 e. The standard InChI is InChI=1S/C20H34O5/c1-5-8-9-10-11-12-13-14-17-20(16(4)15-25-17,18(21)23-6-2)19(22)24-7-3/h17H,4-15H2,1-3H3. The van der Waals surface area contributed by atoms with E-state index < -0.39 is 23.5 Å². The van der Waals surface area contributed by atoms with E-state index in [-0.39, 0.29) is 19.8 Å². The van der Waals surface area contributed by atoms with Gasteiger partial charge >= 0.3 is 11.9 Å². The molecule has 1 saturated heterocycles. The van der Waals surface area contributed by atoms with Gasteiger partial charge in [0, 0.05) is 0 Å². The average molecular weight is 354 g/mol. The van der Waals surface area contributed by atoms with Crippen LogP contribution in [0.5, 0.6) is 0 Å². The van der Waals surface area contributed by atoms with Gasteiger partial charge in [0.05, 0.1) is 25.9 Å². The summed E-state index contributed by atoms with van der Waals surface area (Å²) >= 11 is 0. The predicted octanol–water partition coefficient (Wildman–Crippen LogP) is 4.19. The first-order chi connectivity index (χ1) is 12.0. The lowest BCUT2D eigenvalue weighted by Crippen LogP contribution is -2.49. The van der Waals surface area contributed by atoms with E-state index in [2.05, 4.69) is 13.5 Å². The van der Waals surface area contributed by atoms with Gasteiger partial charge in [0.15, 0.2) is 0 Å². The summed E-state index contributed by atoms with van der Waals surface area (Å²) in [6, 6.07) is 0. The summed E-state index contributed by atoms with van der Waals surface area (Å²) < 4.78 is 16.1. The molecule has 0 amide bonds. The van der Waals surface area contributed by atoms with Crippen LogP contribution in [0.15, 0.2) is 12.2 Å². The van der Waals surface area contributed by atoms with E-state index in [1.54, 1.807) is 13.8 Å². The van der Waals surface area contributed by atoms with E-state index in [1.165, 1.54) is 32.1 Å². The van der Waals surface area contributed by atoms with E-state index in [4.69, 9.17) is 14.2 Å². The third-order valence-corrected chi connectivity index (χ3v) is 4.76. The average Bonchev–Trinajstić information content (AvgIpc) is 2.92. The van der Waals surface area contributed by atoms with Gasteiger partial charge in [-0.1, -0.05) is 58.4 Å². The van der Waals surface area contributed by atoms with Crippen molar-refractivity contribution in [3.05, 3.63) is 12.2 Å². The number of hydrogen-bond donors (Lipinski definition) is 0. The van der Waals surface area contributed by atoms with E-state index in [9.17, 15) is 9.59 Å². The van der Waals surface area contributed by atoms with Crippen LogP contribution in [0.25, 0.3) is 0 Å². The number of carbonyl (C=O) groups is 2. The van der Waals surface area contributed by atoms with Gasteiger partial charge in [-0.2, -0.15) is 0 Å². The number of hydrogen-bond acceptors (Lipinski definition) is 5. The van der Waals surface area contributed by atoms with Gasteiger partial charge in [-0.3, -0.25) is 9.59 Å². The first-order valence-corrected chi connectivity index (χ1v) is 9.69. The summed E-state index contributed by atoms with van der Waals surface area (Å²) in [6.07, 6.45) is 8.23. The molecule has 1 aliphatic heterocycles. The zero-order valence-corrected chi connectivity index (χ0v) is 16.1. The SMILES string of the molecule is C=C1COC(CCCCCCCCC)C1(C(=O)OCC)C(=O)OCC. The Morgan fingerprint density at radius 3 is 2.04 bits per heavy atom. The van der Waals surface area contributed by atoms with Crippen LogP contribution < -0.4 is 0 Å². The molecule has 1 rings (SSSR count). The Morgan fingerprint density at radius 2 is 1.52 bits per heavy atom. The number of ether oxygens (including phenoxy) is 3. The highest BCUT2D eigenvalue weighted by molar-refractivity contribution is 6.04. The fourth-order valence-electron chi connectivity index (χ4n) is 3.38. The molecule has 0 aromatic rings. The van der Waals surface area contributed by atoms with Crippen molar-refractivity contribution in [2.24, 2.45) is 5.41 Å². The number of esters is 2. The van der Waals surface area contributed by atoms with Crippen LogP contribution in [0.4, 0.5) is 0 Å². The second kappa shape index (κ2) is 11.3. The molecule has 1 heterocycles. The topological polar surface area (TPSA) is 61.8 Å². The summed E-state index contributed by atoms with van der Waals surface area (Å²) in [5, 5.41) is 0. The van der Waals surface area contributed by atoms with Crippen molar-refractivity contribution in [2.75, 3.05) is 19.8 Å². The lowest BCUT2D eigenvalue weighted by atomic mass is 9.76. The zero-order chi connectivity index (χ0) is 18.7. The molecule has 1 unspecified atom stereocenters. The molecule has 0 aromatic heterocycles. The van der Waals surface area contributed by atoms with E-state index in [0.717, 1.165) is 12.8 Å². The van der Waals surface area contributed by atoms with Gasteiger partial charge in [0.25, 0.3) is 0 Å². The Labute approximate surface area is 152 Å². The fraction of sp³-hybridized carbons (Fsp3) is 0.800. The first-order valence-electron chi connectivity index (χ1n) is 9.69. The molecule has 1 aliphatic rings. The smallest absolute Gasteiger partial charge is 0.330 e. The van der Waals surface area contributed by atoms with Crippen molar-refractivity contribution >= 4 is 11.9 Å². The number of unbranched alkanes of at least 4 members (excludes halogenated alkanes) is 6. The minimum atomic E-state index is -1.51.